The van der Waals surface area contributed by atoms with E-state index in [1.165, 1.54) is 5.69 Å². The average Bonchev–Trinajstić information content (AvgIpc) is 2.12. The van der Waals surface area contributed by atoms with Gasteiger partial charge in [0.15, 0.2) is 5.69 Å². The fourth-order valence-corrected chi connectivity index (χ4v) is 1.49. The molecule has 0 atom stereocenters. The maximum absolute atomic E-state index is 9.28. The SMILES string of the molecule is Cc1ccc2cc(O)ccc2[n+]1C. The Hall–Kier alpha value is -1.57. The monoisotopic (exact) mass is 174 g/mol. The van der Waals surface area contributed by atoms with Gasteiger partial charge in [0.2, 0.25) is 5.52 Å². The summed E-state index contributed by atoms with van der Waals surface area (Å²) in [5, 5.41) is 10.3. The van der Waals surface area contributed by atoms with E-state index in [0.717, 1.165) is 10.9 Å². The molecule has 2 heteroatoms. The highest BCUT2D eigenvalue weighted by atomic mass is 16.3. The van der Waals surface area contributed by atoms with Gasteiger partial charge in [0.05, 0.1) is 5.39 Å². The van der Waals surface area contributed by atoms with Crippen LogP contribution < -0.4 is 4.57 Å². The molecule has 0 aliphatic heterocycles. The number of phenolic OH excluding ortho intramolecular Hbond substituents is 1. The van der Waals surface area contributed by atoms with Gasteiger partial charge in [-0.25, -0.2) is 0 Å². The van der Waals surface area contributed by atoms with Crippen LogP contribution in [0.2, 0.25) is 0 Å². The molecule has 1 heterocycles. The lowest BCUT2D eigenvalue weighted by Gasteiger charge is -1.99. The van der Waals surface area contributed by atoms with Crippen LogP contribution in [0.25, 0.3) is 10.9 Å². The van der Waals surface area contributed by atoms with Gasteiger partial charge in [0.1, 0.15) is 12.8 Å². The molecule has 0 saturated carbocycles. The van der Waals surface area contributed by atoms with E-state index in [9.17, 15) is 5.11 Å². The predicted molar refractivity (Wildman–Crippen MR) is 51.5 cm³/mol. The van der Waals surface area contributed by atoms with Crippen molar-refractivity contribution in [3.63, 3.8) is 0 Å². The van der Waals surface area contributed by atoms with Gasteiger partial charge in [-0.3, -0.25) is 0 Å². The van der Waals surface area contributed by atoms with Crippen LogP contribution in [0, 0.1) is 6.92 Å². The first kappa shape index (κ1) is 8.05. The van der Waals surface area contributed by atoms with Crippen LogP contribution >= 0.6 is 0 Å². The summed E-state index contributed by atoms with van der Waals surface area (Å²) in [4.78, 5) is 0. The number of fused-ring (bicyclic) bond motifs is 1. The first-order chi connectivity index (χ1) is 6.18. The fraction of sp³-hybridized carbons (Fsp3) is 0.182. The highest BCUT2D eigenvalue weighted by Crippen LogP contribution is 2.16. The zero-order valence-corrected chi connectivity index (χ0v) is 7.78. The molecule has 1 aromatic heterocycles. The lowest BCUT2D eigenvalue weighted by molar-refractivity contribution is -0.651. The zero-order chi connectivity index (χ0) is 9.42. The molecule has 0 amide bonds. The summed E-state index contributed by atoms with van der Waals surface area (Å²) in [6.07, 6.45) is 0. The van der Waals surface area contributed by atoms with E-state index in [1.54, 1.807) is 12.1 Å². The smallest absolute Gasteiger partial charge is 0.212 e. The van der Waals surface area contributed by atoms with Gasteiger partial charge in [-0.15, -0.1) is 0 Å². The average molecular weight is 174 g/mol. The van der Waals surface area contributed by atoms with Gasteiger partial charge in [0.25, 0.3) is 0 Å². The summed E-state index contributed by atoms with van der Waals surface area (Å²) in [5.41, 5.74) is 2.34. The van der Waals surface area contributed by atoms with Crippen molar-refractivity contribution in [2.45, 2.75) is 6.92 Å². The largest absolute Gasteiger partial charge is 0.508 e. The van der Waals surface area contributed by atoms with Crippen molar-refractivity contribution in [1.82, 2.24) is 0 Å². The molecule has 0 fully saturated rings. The third-order valence-corrected chi connectivity index (χ3v) is 2.41. The first-order valence-corrected chi connectivity index (χ1v) is 4.27. The van der Waals surface area contributed by atoms with E-state index in [-0.39, 0.29) is 0 Å². The lowest BCUT2D eigenvalue weighted by Crippen LogP contribution is -2.32. The van der Waals surface area contributed by atoms with Gasteiger partial charge in [-0.2, -0.15) is 4.57 Å². The van der Waals surface area contributed by atoms with Crippen LogP contribution in [-0.2, 0) is 7.05 Å². The highest BCUT2D eigenvalue weighted by molar-refractivity contribution is 5.77. The lowest BCUT2D eigenvalue weighted by atomic mass is 10.2. The molecule has 0 aliphatic carbocycles. The van der Waals surface area contributed by atoms with Crippen molar-refractivity contribution in [1.29, 1.82) is 0 Å². The van der Waals surface area contributed by atoms with E-state index in [2.05, 4.69) is 11.5 Å². The summed E-state index contributed by atoms with van der Waals surface area (Å²) in [5.74, 6) is 0.316. The van der Waals surface area contributed by atoms with Crippen LogP contribution in [0.15, 0.2) is 30.3 Å². The Morgan fingerprint density at radius 2 is 1.92 bits per heavy atom. The van der Waals surface area contributed by atoms with E-state index in [4.69, 9.17) is 0 Å². The highest BCUT2D eigenvalue weighted by Gasteiger charge is 2.07. The Labute approximate surface area is 77.1 Å². The molecule has 0 spiro atoms. The number of hydrogen-bond donors (Lipinski definition) is 1. The van der Waals surface area contributed by atoms with Crippen molar-refractivity contribution in [3.05, 3.63) is 36.0 Å². The van der Waals surface area contributed by atoms with E-state index in [0.29, 0.717) is 5.75 Å². The molecule has 1 aromatic carbocycles. The summed E-state index contributed by atoms with van der Waals surface area (Å²) in [6, 6.07) is 9.47. The van der Waals surface area contributed by atoms with Crippen LogP contribution in [0.4, 0.5) is 0 Å². The number of rotatable bonds is 0. The predicted octanol–water partition coefficient (Wildman–Crippen LogP) is 1.68. The Morgan fingerprint density at radius 1 is 1.15 bits per heavy atom. The number of aryl methyl sites for hydroxylation is 2. The van der Waals surface area contributed by atoms with Crippen molar-refractivity contribution in [2.75, 3.05) is 0 Å². The third-order valence-electron chi connectivity index (χ3n) is 2.41. The second kappa shape index (κ2) is 2.73. The molecule has 13 heavy (non-hydrogen) atoms. The van der Waals surface area contributed by atoms with E-state index < -0.39 is 0 Å². The molecule has 0 radical (unpaired) electrons. The third kappa shape index (κ3) is 1.24. The van der Waals surface area contributed by atoms with Crippen LogP contribution in [0.3, 0.4) is 0 Å². The van der Waals surface area contributed by atoms with Gasteiger partial charge in [0, 0.05) is 19.1 Å². The Kier molecular flexibility index (Phi) is 1.69. The number of pyridine rings is 1. The van der Waals surface area contributed by atoms with E-state index >= 15 is 0 Å². The number of benzene rings is 1. The van der Waals surface area contributed by atoms with Crippen molar-refractivity contribution in [2.24, 2.45) is 7.05 Å². The second-order valence-electron chi connectivity index (χ2n) is 3.28. The first-order valence-electron chi connectivity index (χ1n) is 4.27. The van der Waals surface area contributed by atoms with Crippen molar-refractivity contribution >= 4 is 10.9 Å². The molecule has 0 unspecified atom stereocenters. The molecule has 0 saturated heterocycles. The standard InChI is InChI=1S/C11H11NO/c1-8-3-4-9-7-10(13)5-6-11(9)12(8)2/h3-7H,1-2H3/p+1. The van der Waals surface area contributed by atoms with Gasteiger partial charge >= 0.3 is 0 Å². The molecule has 0 aliphatic rings. The minimum Gasteiger partial charge on any atom is -0.508 e. The molecule has 0 bridgehead atoms. The molecular weight excluding hydrogens is 162 g/mol. The maximum atomic E-state index is 9.28. The second-order valence-corrected chi connectivity index (χ2v) is 3.28. The number of phenols is 1. The zero-order valence-electron chi connectivity index (χ0n) is 7.78. The van der Waals surface area contributed by atoms with Crippen molar-refractivity contribution in [3.8, 4) is 5.75 Å². The minimum atomic E-state index is 0.316. The molecule has 2 aromatic rings. The summed E-state index contributed by atoms with van der Waals surface area (Å²) in [6.45, 7) is 2.06. The quantitative estimate of drug-likeness (QED) is 0.604. The van der Waals surface area contributed by atoms with E-state index in [1.807, 2.05) is 25.2 Å². The topological polar surface area (TPSA) is 24.1 Å². The Morgan fingerprint density at radius 3 is 2.69 bits per heavy atom. The summed E-state index contributed by atoms with van der Waals surface area (Å²) < 4.78 is 2.11. The van der Waals surface area contributed by atoms with Crippen LogP contribution in [-0.4, -0.2) is 5.11 Å². The molecular formula is C11H12NO+. The Balaban J connectivity index is 2.87. The van der Waals surface area contributed by atoms with Crippen molar-refractivity contribution < 1.29 is 9.67 Å². The number of aromatic hydroxyl groups is 1. The maximum Gasteiger partial charge on any atom is 0.212 e. The summed E-state index contributed by atoms with van der Waals surface area (Å²) >= 11 is 0. The Bertz CT molecular complexity index is 463. The van der Waals surface area contributed by atoms with Crippen LogP contribution in [0.1, 0.15) is 5.69 Å². The minimum absolute atomic E-state index is 0.316. The molecule has 66 valence electrons. The molecule has 2 rings (SSSR count). The number of nitrogens with zero attached hydrogens (tertiary/aromatic N) is 1. The normalized spacial score (nSPS) is 10.6. The van der Waals surface area contributed by atoms with Gasteiger partial charge < -0.3 is 5.11 Å². The van der Waals surface area contributed by atoms with Gasteiger partial charge in [-0.05, 0) is 18.2 Å². The fourth-order valence-electron chi connectivity index (χ4n) is 1.49. The van der Waals surface area contributed by atoms with Gasteiger partial charge in [-0.1, -0.05) is 0 Å². The molecule has 2 nitrogen and oxygen atoms in total. The van der Waals surface area contributed by atoms with Crippen LogP contribution in [0.5, 0.6) is 5.75 Å². The summed E-state index contributed by atoms with van der Waals surface area (Å²) in [7, 11) is 2.02. The molecule has 1 N–H and O–H groups in total. The number of hydrogen-bond acceptors (Lipinski definition) is 1. The number of aromatic nitrogens is 1.